The highest BCUT2D eigenvalue weighted by Gasteiger charge is 2.35. The minimum absolute atomic E-state index is 0.127. The number of carbonyl (C=O) groups is 2. The van der Waals surface area contributed by atoms with E-state index in [4.69, 9.17) is 11.6 Å². The first-order valence-electron chi connectivity index (χ1n) is 8.84. The molecule has 1 aliphatic rings. The number of hydrogen-bond acceptors (Lipinski definition) is 8. The largest absolute Gasteiger partial charge is 0.504 e. The maximum atomic E-state index is 12.8. The van der Waals surface area contributed by atoms with Gasteiger partial charge in [0.15, 0.2) is 11.8 Å². The summed E-state index contributed by atoms with van der Waals surface area (Å²) >= 11 is 5.82. The lowest BCUT2D eigenvalue weighted by Gasteiger charge is -2.13. The van der Waals surface area contributed by atoms with Crippen LogP contribution in [-0.2, 0) is 19.7 Å². The second-order valence-corrected chi connectivity index (χ2v) is 8.32. The number of hydrazone groups is 1. The van der Waals surface area contributed by atoms with E-state index in [9.17, 15) is 27.7 Å². The highest BCUT2D eigenvalue weighted by atomic mass is 35.5. The Bertz CT molecular complexity index is 1270. The molecule has 2 amide bonds. The van der Waals surface area contributed by atoms with Crippen molar-refractivity contribution >= 4 is 56.3 Å². The fourth-order valence-electron chi connectivity index (χ4n) is 2.71. The second-order valence-electron chi connectivity index (χ2n) is 6.50. The normalized spacial score (nSPS) is 16.3. The number of azo groups is 1. The fraction of sp³-hybridized carbons (Fsp3) is 0.105. The molecule has 1 heterocycles. The number of nitrogens with one attached hydrogen (secondary N) is 1. The predicted molar refractivity (Wildman–Crippen MR) is 117 cm³/mol. The molecule has 13 heteroatoms. The van der Waals surface area contributed by atoms with E-state index in [-0.39, 0.29) is 16.6 Å². The quantitative estimate of drug-likeness (QED) is 0.328. The number of hydrogen-bond donors (Lipinski definition) is 3. The van der Waals surface area contributed by atoms with Gasteiger partial charge in [-0.05, 0) is 49.4 Å². The molecule has 0 fully saturated rings. The summed E-state index contributed by atoms with van der Waals surface area (Å²) in [5, 5.41) is 25.4. The minimum Gasteiger partial charge on any atom is -0.504 e. The average Bonchev–Trinajstić information content (AvgIpc) is 3.01. The highest BCUT2D eigenvalue weighted by Crippen LogP contribution is 2.37. The van der Waals surface area contributed by atoms with Crippen molar-refractivity contribution in [2.75, 3.05) is 10.3 Å². The van der Waals surface area contributed by atoms with E-state index in [1.54, 1.807) is 31.2 Å². The first-order valence-corrected chi connectivity index (χ1v) is 10.7. The predicted octanol–water partition coefficient (Wildman–Crippen LogP) is 3.29. The molecule has 1 atom stereocenters. The van der Waals surface area contributed by atoms with Crippen LogP contribution in [0, 0.1) is 0 Å². The molecule has 3 N–H and O–H groups in total. The number of aromatic hydroxyl groups is 1. The molecule has 0 saturated heterocycles. The Morgan fingerprint density at radius 1 is 1.31 bits per heavy atom. The van der Waals surface area contributed by atoms with Crippen LogP contribution >= 0.6 is 11.6 Å². The Balaban J connectivity index is 1.84. The van der Waals surface area contributed by atoms with E-state index in [0.717, 1.165) is 23.2 Å². The first kappa shape index (κ1) is 23.1. The molecule has 1 unspecified atom stereocenters. The number of carbonyl (C=O) groups excluding carboxylic acids is 2. The topological polar surface area (TPSA) is 161 Å². The third-order valence-electron chi connectivity index (χ3n) is 4.24. The Labute approximate surface area is 187 Å². The molecule has 0 radical (unpaired) electrons. The molecule has 2 aromatic carbocycles. The van der Waals surface area contributed by atoms with Gasteiger partial charge in [-0.15, -0.1) is 0 Å². The molecule has 0 aliphatic carbocycles. The Hall–Kier alpha value is -3.61. The molecule has 0 spiro atoms. The van der Waals surface area contributed by atoms with Gasteiger partial charge < -0.3 is 10.4 Å². The van der Waals surface area contributed by atoms with Crippen molar-refractivity contribution in [1.82, 2.24) is 0 Å². The van der Waals surface area contributed by atoms with E-state index in [0.29, 0.717) is 17.1 Å². The van der Waals surface area contributed by atoms with E-state index in [1.165, 1.54) is 0 Å². The summed E-state index contributed by atoms with van der Waals surface area (Å²) in [6.45, 7) is 4.91. The molecule has 1 aliphatic heterocycles. The van der Waals surface area contributed by atoms with Crippen LogP contribution in [0.2, 0.25) is 5.02 Å². The molecule has 0 saturated carbocycles. The van der Waals surface area contributed by atoms with Crippen LogP contribution in [0.3, 0.4) is 0 Å². The van der Waals surface area contributed by atoms with Gasteiger partial charge >= 0.3 is 0 Å². The van der Waals surface area contributed by atoms with Crippen molar-refractivity contribution < 1.29 is 27.7 Å². The summed E-state index contributed by atoms with van der Waals surface area (Å²) in [6, 6.07) is 7.11. The molecule has 166 valence electrons. The van der Waals surface area contributed by atoms with Crippen molar-refractivity contribution in [3.05, 3.63) is 54.1 Å². The number of rotatable bonds is 6. The molecular formula is C19H16ClN5O6S. The monoisotopic (exact) mass is 477 g/mol. The summed E-state index contributed by atoms with van der Waals surface area (Å²) in [5.41, 5.74) is 0.835. The van der Waals surface area contributed by atoms with Crippen molar-refractivity contribution in [2.45, 2.75) is 17.9 Å². The lowest BCUT2D eigenvalue weighted by atomic mass is 10.2. The molecule has 11 nitrogen and oxygen atoms in total. The molecule has 0 bridgehead atoms. The molecule has 2 aromatic rings. The van der Waals surface area contributed by atoms with E-state index >= 15 is 0 Å². The van der Waals surface area contributed by atoms with Crippen molar-refractivity contribution in [1.29, 1.82) is 0 Å². The minimum atomic E-state index is -4.76. The van der Waals surface area contributed by atoms with Gasteiger partial charge in [0.2, 0.25) is 5.91 Å². The van der Waals surface area contributed by atoms with Gasteiger partial charge in [0, 0.05) is 10.7 Å². The fourth-order valence-corrected chi connectivity index (χ4v) is 3.61. The number of halogens is 1. The second kappa shape index (κ2) is 8.86. The van der Waals surface area contributed by atoms with Crippen molar-refractivity contribution in [3.63, 3.8) is 0 Å². The lowest BCUT2D eigenvalue weighted by Crippen LogP contribution is -2.29. The van der Waals surface area contributed by atoms with Gasteiger partial charge in [0.05, 0.1) is 11.4 Å². The molecule has 32 heavy (non-hydrogen) atoms. The third-order valence-corrected chi connectivity index (χ3v) is 5.32. The summed E-state index contributed by atoms with van der Waals surface area (Å²) in [5.74, 6) is -1.80. The Kier molecular flexibility index (Phi) is 6.39. The lowest BCUT2D eigenvalue weighted by molar-refractivity contribution is -0.118. The van der Waals surface area contributed by atoms with Crippen LogP contribution in [0.25, 0.3) is 0 Å². The molecular weight excluding hydrogens is 462 g/mol. The average molecular weight is 478 g/mol. The number of phenols is 1. The summed E-state index contributed by atoms with van der Waals surface area (Å²) in [7, 11) is -4.76. The van der Waals surface area contributed by atoms with E-state index < -0.39 is 32.7 Å². The zero-order valence-corrected chi connectivity index (χ0v) is 18.0. The van der Waals surface area contributed by atoms with Gasteiger partial charge in [0.25, 0.3) is 16.0 Å². The number of amides is 2. The summed E-state index contributed by atoms with van der Waals surface area (Å²) in [6.07, 6.45) is 1.12. The summed E-state index contributed by atoms with van der Waals surface area (Å²) < 4.78 is 32.0. The van der Waals surface area contributed by atoms with Crippen LogP contribution in [0.15, 0.2) is 69.3 Å². The number of nitrogens with zero attached hydrogens (tertiary/aromatic N) is 4. The maximum Gasteiger partial charge on any atom is 0.298 e. The number of anilines is 2. The van der Waals surface area contributed by atoms with Crippen LogP contribution in [0.4, 0.5) is 17.1 Å². The van der Waals surface area contributed by atoms with Crippen LogP contribution < -0.4 is 10.3 Å². The molecule has 3 rings (SSSR count). The van der Waals surface area contributed by atoms with E-state index in [1.807, 2.05) is 0 Å². The molecule has 0 aromatic heterocycles. The SMILES string of the molecule is C=CC(=O)Nc1ccc(N2N=C(C)C(N=Nc3cc(Cl)cc(S(=O)(=O)O)c3O)C2=O)cc1. The Morgan fingerprint density at radius 3 is 2.56 bits per heavy atom. The van der Waals surface area contributed by atoms with Crippen molar-refractivity contribution in [3.8, 4) is 5.75 Å². The van der Waals surface area contributed by atoms with Gasteiger partial charge in [-0.3, -0.25) is 14.1 Å². The smallest absolute Gasteiger partial charge is 0.298 e. The van der Waals surface area contributed by atoms with E-state index in [2.05, 4.69) is 27.2 Å². The highest BCUT2D eigenvalue weighted by molar-refractivity contribution is 7.86. The van der Waals surface area contributed by atoms with Crippen LogP contribution in [0.5, 0.6) is 5.75 Å². The zero-order valence-electron chi connectivity index (χ0n) is 16.4. The maximum absolute atomic E-state index is 12.8. The van der Waals surface area contributed by atoms with Crippen LogP contribution in [0.1, 0.15) is 6.92 Å². The van der Waals surface area contributed by atoms with Gasteiger partial charge in [-0.1, -0.05) is 18.2 Å². The number of benzene rings is 2. The van der Waals surface area contributed by atoms with Gasteiger partial charge in [-0.25, -0.2) is 0 Å². The number of phenolic OH excluding ortho intramolecular Hbond substituents is 1. The zero-order chi connectivity index (χ0) is 23.6. The van der Waals surface area contributed by atoms with Crippen molar-refractivity contribution in [2.24, 2.45) is 15.3 Å². The third kappa shape index (κ3) is 4.82. The van der Waals surface area contributed by atoms with Gasteiger partial charge in [-0.2, -0.15) is 28.8 Å². The van der Waals surface area contributed by atoms with Crippen LogP contribution in [-0.4, -0.2) is 41.6 Å². The summed E-state index contributed by atoms with van der Waals surface area (Å²) in [4.78, 5) is 23.3. The Morgan fingerprint density at radius 2 is 1.97 bits per heavy atom. The standard InChI is InChI=1S/C19H16ClN5O6S/c1-3-16(26)21-12-4-6-13(7-5-12)25-19(28)17(10(2)24-25)23-22-14-8-11(20)9-15(18(14)27)32(29,30)31/h3-9,17,27H,1H2,2H3,(H,21,26)(H,29,30,31). The first-order chi connectivity index (χ1) is 15.0. The van der Waals surface area contributed by atoms with Gasteiger partial charge in [0.1, 0.15) is 10.6 Å².